The van der Waals surface area contributed by atoms with Gasteiger partial charge in [-0.25, -0.2) is 0 Å². The van der Waals surface area contributed by atoms with Gasteiger partial charge < -0.3 is 9.47 Å². The van der Waals surface area contributed by atoms with Crippen LogP contribution in [0.25, 0.3) is 10.1 Å². The van der Waals surface area contributed by atoms with E-state index in [0.717, 1.165) is 15.8 Å². The van der Waals surface area contributed by atoms with Gasteiger partial charge in [-0.15, -0.1) is 11.3 Å². The maximum atomic E-state index is 10.9. The van der Waals surface area contributed by atoms with Crippen LogP contribution < -0.4 is 9.47 Å². The predicted octanol–water partition coefficient (Wildman–Crippen LogP) is 2.84. The van der Waals surface area contributed by atoms with Gasteiger partial charge in [-0.05, 0) is 18.2 Å². The van der Waals surface area contributed by atoms with E-state index in [1.54, 1.807) is 18.4 Å². The molecule has 1 aromatic heterocycles. The number of carbonyl (C=O) groups excluding carboxylic acids is 1. The molecule has 0 spiro atoms. The summed E-state index contributed by atoms with van der Waals surface area (Å²) in [5, 5.41) is 2.74. The van der Waals surface area contributed by atoms with Crippen LogP contribution >= 0.6 is 11.3 Å². The summed E-state index contributed by atoms with van der Waals surface area (Å²) in [4.78, 5) is 10.9. The van der Waals surface area contributed by atoms with Gasteiger partial charge >= 0.3 is 5.97 Å². The molecule has 0 fully saturated rings. The predicted molar refractivity (Wildman–Crippen MR) is 59.7 cm³/mol. The minimum atomic E-state index is -0.308. The monoisotopic (exact) mass is 222 g/mol. The average Bonchev–Trinajstić information content (AvgIpc) is 2.60. The van der Waals surface area contributed by atoms with Crippen molar-refractivity contribution in [3.8, 4) is 11.5 Å². The Morgan fingerprint density at radius 2 is 2.20 bits per heavy atom. The summed E-state index contributed by atoms with van der Waals surface area (Å²) in [5.41, 5.74) is 0. The number of hydrogen-bond donors (Lipinski definition) is 0. The number of carbonyl (C=O) groups is 1. The second kappa shape index (κ2) is 3.90. The fraction of sp³-hybridized carbons (Fsp3) is 0.182. The smallest absolute Gasteiger partial charge is 0.308 e. The first kappa shape index (κ1) is 9.98. The third-order valence-corrected chi connectivity index (χ3v) is 2.94. The normalized spacial score (nSPS) is 10.3. The summed E-state index contributed by atoms with van der Waals surface area (Å²) in [6.45, 7) is 1.39. The van der Waals surface area contributed by atoms with Crippen LogP contribution in [0.1, 0.15) is 6.92 Å². The van der Waals surface area contributed by atoms with Crippen LogP contribution in [0.4, 0.5) is 0 Å². The highest BCUT2D eigenvalue weighted by atomic mass is 32.1. The SMILES string of the molecule is COc1ccc2scc(OC(C)=O)c2c1. The topological polar surface area (TPSA) is 35.5 Å². The van der Waals surface area contributed by atoms with E-state index < -0.39 is 0 Å². The lowest BCUT2D eigenvalue weighted by atomic mass is 10.2. The Labute approximate surface area is 91.2 Å². The van der Waals surface area contributed by atoms with E-state index in [-0.39, 0.29) is 5.97 Å². The van der Waals surface area contributed by atoms with Gasteiger partial charge in [-0.1, -0.05) is 0 Å². The minimum Gasteiger partial charge on any atom is -0.497 e. The fourth-order valence-corrected chi connectivity index (χ4v) is 2.19. The number of fused-ring (bicyclic) bond motifs is 1. The molecule has 15 heavy (non-hydrogen) atoms. The summed E-state index contributed by atoms with van der Waals surface area (Å²) in [6.07, 6.45) is 0. The van der Waals surface area contributed by atoms with Gasteiger partial charge in [0.25, 0.3) is 0 Å². The van der Waals surface area contributed by atoms with E-state index in [1.807, 2.05) is 23.6 Å². The highest BCUT2D eigenvalue weighted by molar-refractivity contribution is 7.17. The van der Waals surface area contributed by atoms with Gasteiger partial charge in [-0.3, -0.25) is 4.79 Å². The van der Waals surface area contributed by atoms with Gasteiger partial charge in [0, 0.05) is 22.4 Å². The van der Waals surface area contributed by atoms with Gasteiger partial charge in [0.15, 0.2) is 0 Å². The molecule has 0 atom stereocenters. The van der Waals surface area contributed by atoms with Crippen molar-refractivity contribution < 1.29 is 14.3 Å². The first-order valence-electron chi connectivity index (χ1n) is 4.44. The molecule has 0 saturated carbocycles. The quantitative estimate of drug-likeness (QED) is 0.733. The fourth-order valence-electron chi connectivity index (χ4n) is 1.35. The number of esters is 1. The Bertz CT molecular complexity index is 502. The highest BCUT2D eigenvalue weighted by Gasteiger charge is 2.08. The van der Waals surface area contributed by atoms with Crippen LogP contribution in [-0.4, -0.2) is 13.1 Å². The Balaban J connectivity index is 2.51. The molecule has 0 unspecified atom stereocenters. The molecule has 0 aliphatic carbocycles. The van der Waals surface area contributed by atoms with E-state index in [1.165, 1.54) is 6.92 Å². The Hall–Kier alpha value is -1.55. The lowest BCUT2D eigenvalue weighted by Gasteiger charge is -2.01. The number of benzene rings is 1. The molecule has 0 aliphatic heterocycles. The first-order valence-corrected chi connectivity index (χ1v) is 5.32. The molecular formula is C11H10O3S. The zero-order valence-corrected chi connectivity index (χ0v) is 9.26. The van der Waals surface area contributed by atoms with Crippen molar-refractivity contribution in [1.82, 2.24) is 0 Å². The van der Waals surface area contributed by atoms with Crippen LogP contribution in [0.5, 0.6) is 11.5 Å². The van der Waals surface area contributed by atoms with Crippen LogP contribution in [0.2, 0.25) is 0 Å². The van der Waals surface area contributed by atoms with Crippen LogP contribution in [0.3, 0.4) is 0 Å². The standard InChI is InChI=1S/C11H10O3S/c1-7(12)14-10-6-15-11-4-3-8(13-2)5-9(10)11/h3-6H,1-2H3. The Kier molecular flexibility index (Phi) is 2.60. The molecule has 78 valence electrons. The Morgan fingerprint density at radius 1 is 1.40 bits per heavy atom. The summed E-state index contributed by atoms with van der Waals surface area (Å²) in [6, 6.07) is 5.70. The molecule has 0 saturated heterocycles. The van der Waals surface area contributed by atoms with Crippen molar-refractivity contribution in [1.29, 1.82) is 0 Å². The van der Waals surface area contributed by atoms with Crippen molar-refractivity contribution in [3.63, 3.8) is 0 Å². The summed E-state index contributed by atoms with van der Waals surface area (Å²) < 4.78 is 11.3. The number of rotatable bonds is 2. The molecular weight excluding hydrogens is 212 g/mol. The van der Waals surface area contributed by atoms with Gasteiger partial charge in [0.1, 0.15) is 11.5 Å². The molecule has 1 heterocycles. The molecule has 0 N–H and O–H groups in total. The number of hydrogen-bond acceptors (Lipinski definition) is 4. The first-order chi connectivity index (χ1) is 7.20. The van der Waals surface area contributed by atoms with E-state index in [2.05, 4.69) is 0 Å². The second-order valence-corrected chi connectivity index (χ2v) is 3.97. The highest BCUT2D eigenvalue weighted by Crippen LogP contribution is 2.34. The Morgan fingerprint density at radius 3 is 2.87 bits per heavy atom. The van der Waals surface area contributed by atoms with E-state index >= 15 is 0 Å². The maximum Gasteiger partial charge on any atom is 0.308 e. The minimum absolute atomic E-state index is 0.308. The molecule has 2 aromatic rings. The van der Waals surface area contributed by atoms with Gasteiger partial charge in [0.2, 0.25) is 0 Å². The summed E-state index contributed by atoms with van der Waals surface area (Å²) in [7, 11) is 1.61. The average molecular weight is 222 g/mol. The number of ether oxygens (including phenoxy) is 2. The summed E-state index contributed by atoms with van der Waals surface area (Å²) in [5.74, 6) is 1.05. The molecule has 4 heteroatoms. The molecule has 0 radical (unpaired) electrons. The van der Waals surface area contributed by atoms with Gasteiger partial charge in [-0.2, -0.15) is 0 Å². The zero-order valence-electron chi connectivity index (χ0n) is 8.44. The molecule has 0 aliphatic rings. The van der Waals surface area contributed by atoms with Crippen LogP contribution in [-0.2, 0) is 4.79 Å². The van der Waals surface area contributed by atoms with Gasteiger partial charge in [0.05, 0.1) is 7.11 Å². The van der Waals surface area contributed by atoms with Crippen molar-refractivity contribution >= 4 is 27.4 Å². The van der Waals surface area contributed by atoms with E-state index in [0.29, 0.717) is 5.75 Å². The molecule has 2 rings (SSSR count). The third kappa shape index (κ3) is 1.94. The van der Waals surface area contributed by atoms with E-state index in [9.17, 15) is 4.79 Å². The van der Waals surface area contributed by atoms with Crippen molar-refractivity contribution in [3.05, 3.63) is 23.6 Å². The molecule has 1 aromatic carbocycles. The molecule has 0 amide bonds. The summed E-state index contributed by atoms with van der Waals surface area (Å²) >= 11 is 1.54. The molecule has 0 bridgehead atoms. The zero-order chi connectivity index (χ0) is 10.8. The number of thiophene rings is 1. The van der Waals surface area contributed by atoms with Crippen molar-refractivity contribution in [2.24, 2.45) is 0 Å². The maximum absolute atomic E-state index is 10.9. The second-order valence-electron chi connectivity index (χ2n) is 3.06. The number of methoxy groups -OCH3 is 1. The van der Waals surface area contributed by atoms with E-state index in [4.69, 9.17) is 9.47 Å². The largest absolute Gasteiger partial charge is 0.497 e. The molecule has 3 nitrogen and oxygen atoms in total. The lowest BCUT2D eigenvalue weighted by molar-refractivity contribution is -0.131. The third-order valence-electron chi connectivity index (χ3n) is 2.00. The van der Waals surface area contributed by atoms with Crippen LogP contribution in [0, 0.1) is 0 Å². The lowest BCUT2D eigenvalue weighted by Crippen LogP contribution is -2.00. The van der Waals surface area contributed by atoms with Crippen molar-refractivity contribution in [2.45, 2.75) is 6.92 Å². The van der Waals surface area contributed by atoms with Crippen molar-refractivity contribution in [2.75, 3.05) is 7.11 Å². The van der Waals surface area contributed by atoms with Crippen LogP contribution in [0.15, 0.2) is 23.6 Å².